The lowest BCUT2D eigenvalue weighted by atomic mass is 9.97. The molecule has 12 rings (SSSR count). The average Bonchev–Trinajstić information content (AvgIpc) is 4.11. The van der Waals surface area contributed by atoms with Crippen molar-refractivity contribution in [2.75, 3.05) is 0 Å². The molecule has 0 bridgehead atoms. The number of aryl methyl sites for hydroxylation is 9. The van der Waals surface area contributed by atoms with Crippen molar-refractivity contribution in [2.45, 2.75) is 102 Å². The van der Waals surface area contributed by atoms with Crippen LogP contribution in [0.15, 0.2) is 188 Å². The van der Waals surface area contributed by atoms with E-state index in [4.69, 9.17) is 0 Å². The highest BCUT2D eigenvalue weighted by Gasteiger charge is 2.19. The molecular weight excluding hydrogens is 929 g/mol. The summed E-state index contributed by atoms with van der Waals surface area (Å²) in [7, 11) is 0. The first-order valence-corrected chi connectivity index (χ1v) is 27.7. The second-order valence-electron chi connectivity index (χ2n) is 23.1. The SMILES string of the molecule is Cc1cc(C)cc(-c2ccc3c(c2)c2cc(-c4cc(C)cc(C)c4)ccc2n3-c2ccc(C(C)C)cc2)c1.Cc1cc(C)cc(-c2ccc3c(c2)c2cc(-c4cc(C)cc(C)c4)ccc2n3-c2ccc(C(C)C)cc2C)c1. The third-order valence-corrected chi connectivity index (χ3v) is 15.7. The van der Waals surface area contributed by atoms with Gasteiger partial charge in [-0.15, -0.1) is 0 Å². The summed E-state index contributed by atoms with van der Waals surface area (Å²) in [4.78, 5) is 0. The Bertz CT molecular complexity index is 3940. The van der Waals surface area contributed by atoms with E-state index in [0.29, 0.717) is 11.8 Å². The van der Waals surface area contributed by atoms with Crippen LogP contribution in [-0.4, -0.2) is 9.13 Å². The molecule has 0 saturated carbocycles. The lowest BCUT2D eigenvalue weighted by molar-refractivity contribution is 0.863. The van der Waals surface area contributed by atoms with Gasteiger partial charge in [0.15, 0.2) is 0 Å². The Morgan fingerprint density at radius 3 is 0.818 bits per heavy atom. The van der Waals surface area contributed by atoms with Gasteiger partial charge in [-0.2, -0.15) is 0 Å². The van der Waals surface area contributed by atoms with Gasteiger partial charge in [0.1, 0.15) is 0 Å². The fourth-order valence-electron chi connectivity index (χ4n) is 12.2. The van der Waals surface area contributed by atoms with Crippen LogP contribution in [0, 0.1) is 62.3 Å². The summed E-state index contributed by atoms with van der Waals surface area (Å²) >= 11 is 0. The quantitative estimate of drug-likeness (QED) is 0.144. The van der Waals surface area contributed by atoms with E-state index in [0.717, 1.165) is 0 Å². The molecule has 0 aliphatic heterocycles. The average molecular weight is 1000 g/mol. The molecule has 0 N–H and O–H groups in total. The molecule has 77 heavy (non-hydrogen) atoms. The standard InChI is InChI=1S/C38H37N.C37H35N/c1-23(2)29-8-11-36(28(7)20-29)39-37-12-9-30(32-16-24(3)14-25(4)17-32)21-34(37)35-22-31(10-13-38(35)39)33-18-26(5)15-27(6)19-33;1-23(2)28-7-11-33(12-8-28)38-36-13-9-29(31-17-24(3)15-25(4)18-31)21-34(36)35-22-30(10-14-37(35)38)32-19-26(5)16-27(6)20-32/h8-23H,1-7H3;7-23H,1-6H3. The first-order chi connectivity index (χ1) is 36.9. The van der Waals surface area contributed by atoms with Crippen LogP contribution in [0.25, 0.3) is 99.5 Å². The summed E-state index contributed by atoms with van der Waals surface area (Å²) in [5, 5.41) is 5.16. The number of nitrogens with zero attached hydrogens (tertiary/aromatic N) is 2. The fourth-order valence-corrected chi connectivity index (χ4v) is 12.2. The molecular formula is C75H72N2. The second kappa shape index (κ2) is 20.4. The Morgan fingerprint density at radius 1 is 0.247 bits per heavy atom. The zero-order chi connectivity index (χ0) is 54.0. The van der Waals surface area contributed by atoms with Crippen molar-refractivity contribution in [3.8, 4) is 55.9 Å². The van der Waals surface area contributed by atoms with Crippen molar-refractivity contribution in [3.05, 3.63) is 249 Å². The molecule has 0 aliphatic carbocycles. The maximum atomic E-state index is 2.46. The van der Waals surface area contributed by atoms with Crippen molar-refractivity contribution in [1.82, 2.24) is 9.13 Å². The lowest BCUT2D eigenvalue weighted by Crippen LogP contribution is -1.99. The van der Waals surface area contributed by atoms with Gasteiger partial charge in [-0.3, -0.25) is 0 Å². The Kier molecular flexibility index (Phi) is 13.5. The van der Waals surface area contributed by atoms with Crippen molar-refractivity contribution in [3.63, 3.8) is 0 Å². The third kappa shape index (κ3) is 10.1. The minimum Gasteiger partial charge on any atom is -0.309 e. The molecule has 0 saturated heterocycles. The highest BCUT2D eigenvalue weighted by molar-refractivity contribution is 6.13. The van der Waals surface area contributed by atoms with Crippen LogP contribution >= 0.6 is 0 Å². The minimum atomic E-state index is 0.511. The Hall–Kier alpha value is -8.20. The van der Waals surface area contributed by atoms with E-state index in [-0.39, 0.29) is 0 Å². The molecule has 0 aliphatic rings. The maximum absolute atomic E-state index is 2.46. The molecule has 0 amide bonds. The fraction of sp³-hybridized carbons (Fsp3) is 0.200. The van der Waals surface area contributed by atoms with Gasteiger partial charge >= 0.3 is 0 Å². The molecule has 0 radical (unpaired) electrons. The van der Waals surface area contributed by atoms with Crippen LogP contribution in [0.4, 0.5) is 0 Å². The predicted molar refractivity (Wildman–Crippen MR) is 334 cm³/mol. The van der Waals surface area contributed by atoms with Gasteiger partial charge in [0.2, 0.25) is 0 Å². The highest BCUT2D eigenvalue weighted by atomic mass is 15.0. The van der Waals surface area contributed by atoms with Gasteiger partial charge < -0.3 is 9.13 Å². The summed E-state index contributed by atoms with van der Waals surface area (Å²) in [5.41, 5.74) is 32.0. The molecule has 0 fully saturated rings. The van der Waals surface area contributed by atoms with Gasteiger partial charge in [-0.1, -0.05) is 194 Å². The zero-order valence-electron chi connectivity index (χ0n) is 47.4. The zero-order valence-corrected chi connectivity index (χ0v) is 47.4. The van der Waals surface area contributed by atoms with Crippen LogP contribution in [0.5, 0.6) is 0 Å². The van der Waals surface area contributed by atoms with Crippen molar-refractivity contribution in [1.29, 1.82) is 0 Å². The van der Waals surface area contributed by atoms with Crippen LogP contribution < -0.4 is 0 Å². The van der Waals surface area contributed by atoms with Gasteiger partial charge in [0.05, 0.1) is 22.1 Å². The van der Waals surface area contributed by atoms with E-state index in [1.165, 1.54) is 161 Å². The molecule has 10 aromatic carbocycles. The number of aromatic nitrogens is 2. The first kappa shape index (κ1) is 50.9. The van der Waals surface area contributed by atoms with Crippen LogP contribution in [0.1, 0.15) is 101 Å². The van der Waals surface area contributed by atoms with E-state index in [2.05, 4.69) is 287 Å². The summed E-state index contributed by atoms with van der Waals surface area (Å²) in [5.74, 6) is 1.03. The van der Waals surface area contributed by atoms with Crippen molar-refractivity contribution in [2.24, 2.45) is 0 Å². The van der Waals surface area contributed by atoms with Crippen molar-refractivity contribution >= 4 is 43.6 Å². The Labute approximate surface area is 457 Å². The van der Waals surface area contributed by atoms with E-state index >= 15 is 0 Å². The monoisotopic (exact) mass is 1000 g/mol. The first-order valence-electron chi connectivity index (χ1n) is 27.7. The molecule has 2 nitrogen and oxygen atoms in total. The molecule has 0 atom stereocenters. The number of fused-ring (bicyclic) bond motifs is 6. The van der Waals surface area contributed by atoms with Crippen LogP contribution in [-0.2, 0) is 0 Å². The largest absolute Gasteiger partial charge is 0.309 e. The number of benzene rings is 10. The van der Waals surface area contributed by atoms with Gasteiger partial charge in [0.25, 0.3) is 0 Å². The molecule has 2 heterocycles. The normalized spacial score (nSPS) is 11.7. The second-order valence-corrected chi connectivity index (χ2v) is 23.1. The highest BCUT2D eigenvalue weighted by Crippen LogP contribution is 2.41. The smallest absolute Gasteiger partial charge is 0.0541 e. The minimum absolute atomic E-state index is 0.511. The summed E-state index contributed by atoms with van der Waals surface area (Å²) < 4.78 is 4.88. The molecule has 2 aromatic heterocycles. The molecule has 12 aromatic rings. The summed E-state index contributed by atoms with van der Waals surface area (Å²) in [6.45, 7) is 28.7. The number of rotatable bonds is 8. The lowest BCUT2D eigenvalue weighted by Gasteiger charge is -2.14. The number of hydrogen-bond donors (Lipinski definition) is 0. The van der Waals surface area contributed by atoms with E-state index in [1.54, 1.807) is 0 Å². The van der Waals surface area contributed by atoms with E-state index in [9.17, 15) is 0 Å². The van der Waals surface area contributed by atoms with Gasteiger partial charge in [0, 0.05) is 32.9 Å². The van der Waals surface area contributed by atoms with E-state index in [1.807, 2.05) is 0 Å². The topological polar surface area (TPSA) is 9.86 Å². The Balaban J connectivity index is 0.000000164. The third-order valence-electron chi connectivity index (χ3n) is 15.7. The number of hydrogen-bond acceptors (Lipinski definition) is 0. The molecule has 0 unspecified atom stereocenters. The summed E-state index contributed by atoms with van der Waals surface area (Å²) in [6.07, 6.45) is 0. The molecule has 0 spiro atoms. The van der Waals surface area contributed by atoms with E-state index < -0.39 is 0 Å². The van der Waals surface area contributed by atoms with Crippen molar-refractivity contribution < 1.29 is 0 Å². The molecule has 2 heteroatoms. The summed E-state index contributed by atoms with van der Waals surface area (Å²) in [6, 6.07) is 71.2. The molecule has 382 valence electrons. The maximum Gasteiger partial charge on any atom is 0.0541 e. The van der Waals surface area contributed by atoms with Crippen LogP contribution in [0.3, 0.4) is 0 Å². The Morgan fingerprint density at radius 2 is 0.532 bits per heavy atom. The van der Waals surface area contributed by atoms with Gasteiger partial charge in [-0.05, 0) is 202 Å². The predicted octanol–water partition coefficient (Wildman–Crippen LogP) is 21.3. The van der Waals surface area contributed by atoms with Gasteiger partial charge in [-0.25, -0.2) is 0 Å². The van der Waals surface area contributed by atoms with Crippen LogP contribution in [0.2, 0.25) is 0 Å².